The summed E-state index contributed by atoms with van der Waals surface area (Å²) in [6, 6.07) is 12.1. The van der Waals surface area contributed by atoms with E-state index >= 15 is 0 Å². The lowest BCUT2D eigenvalue weighted by Gasteiger charge is -2.13. The van der Waals surface area contributed by atoms with Crippen molar-refractivity contribution < 1.29 is 39.3 Å². The number of rotatable bonds is 8. The van der Waals surface area contributed by atoms with E-state index in [2.05, 4.69) is 10.6 Å². The molecule has 0 aliphatic rings. The van der Waals surface area contributed by atoms with E-state index in [-0.39, 0.29) is 33.5 Å². The Morgan fingerprint density at radius 3 is 1.63 bits per heavy atom. The summed E-state index contributed by atoms with van der Waals surface area (Å²) in [5.74, 6) is -5.11. The molecule has 5 N–H and O–H groups in total. The third kappa shape index (κ3) is 5.33. The smallest absolute Gasteiger partial charge is 0.336 e. The minimum atomic E-state index is -1.36. The van der Waals surface area contributed by atoms with Crippen LogP contribution in [0.2, 0.25) is 0 Å². The molecule has 10 nitrogen and oxygen atoms in total. The molecule has 0 heterocycles. The van der Waals surface area contributed by atoms with Crippen molar-refractivity contribution in [1.82, 2.24) is 0 Å². The Kier molecular flexibility index (Phi) is 6.95. The maximum Gasteiger partial charge on any atom is 0.336 e. The first-order valence-corrected chi connectivity index (χ1v) is 10.1. The van der Waals surface area contributed by atoms with E-state index in [1.807, 2.05) is 0 Å². The molecule has 10 heteroatoms. The van der Waals surface area contributed by atoms with Gasteiger partial charge in [-0.05, 0) is 60.5 Å². The number of aromatic carboxylic acids is 3. The van der Waals surface area contributed by atoms with Gasteiger partial charge in [0.25, 0.3) is 5.91 Å². The first-order chi connectivity index (χ1) is 16.5. The molecule has 0 unspecified atom stereocenters. The first-order valence-electron chi connectivity index (χ1n) is 10.1. The Morgan fingerprint density at radius 1 is 0.629 bits per heavy atom. The van der Waals surface area contributed by atoms with Gasteiger partial charge in [-0.1, -0.05) is 12.1 Å². The van der Waals surface area contributed by atoms with Gasteiger partial charge in [0.1, 0.15) is 0 Å². The highest BCUT2D eigenvalue weighted by molar-refractivity contribution is 6.12. The fraction of sp³-hybridized carbons (Fsp3) is 0.0800. The van der Waals surface area contributed by atoms with Crippen LogP contribution in [0.4, 0.5) is 11.4 Å². The summed E-state index contributed by atoms with van der Waals surface area (Å²) in [5.41, 5.74) is 0.500. The number of carbonyl (C=O) groups excluding carboxylic acids is 2. The van der Waals surface area contributed by atoms with Crippen molar-refractivity contribution in [1.29, 1.82) is 0 Å². The number of carbonyl (C=O) groups is 5. The van der Waals surface area contributed by atoms with Crippen LogP contribution in [0.15, 0.2) is 54.6 Å². The van der Waals surface area contributed by atoms with Gasteiger partial charge in [-0.15, -0.1) is 0 Å². The summed E-state index contributed by atoms with van der Waals surface area (Å²) >= 11 is 0. The lowest BCUT2D eigenvalue weighted by molar-refractivity contribution is 0.0683. The van der Waals surface area contributed by atoms with Gasteiger partial charge >= 0.3 is 17.9 Å². The second-order valence-electron chi connectivity index (χ2n) is 7.50. The molecule has 1 amide bonds. The van der Waals surface area contributed by atoms with Crippen LogP contribution in [0.1, 0.15) is 58.7 Å². The zero-order valence-electron chi connectivity index (χ0n) is 18.6. The average Bonchev–Trinajstić information content (AvgIpc) is 2.82. The van der Waals surface area contributed by atoms with E-state index in [4.69, 9.17) is 0 Å². The van der Waals surface area contributed by atoms with Gasteiger partial charge in [0, 0.05) is 24.0 Å². The minimum Gasteiger partial charge on any atom is -0.478 e. The largest absolute Gasteiger partial charge is 0.478 e. The molecule has 0 atom stereocenters. The lowest BCUT2D eigenvalue weighted by Crippen LogP contribution is -2.17. The number of benzene rings is 3. The monoisotopic (exact) mass is 476 g/mol. The third-order valence-corrected chi connectivity index (χ3v) is 5.18. The van der Waals surface area contributed by atoms with Crippen molar-refractivity contribution in [3.05, 3.63) is 82.4 Å². The number of carboxylic acid groups (broad SMARTS) is 3. The summed E-state index contributed by atoms with van der Waals surface area (Å²) in [6.45, 7) is 1.22. The summed E-state index contributed by atoms with van der Waals surface area (Å²) in [6.07, 6.45) is 0. The fourth-order valence-electron chi connectivity index (χ4n) is 3.47. The van der Waals surface area contributed by atoms with Crippen LogP contribution in [-0.2, 0) is 0 Å². The van der Waals surface area contributed by atoms with E-state index in [0.29, 0.717) is 16.8 Å². The van der Waals surface area contributed by atoms with Crippen LogP contribution in [0.3, 0.4) is 0 Å². The highest BCUT2D eigenvalue weighted by atomic mass is 16.4. The van der Waals surface area contributed by atoms with Crippen molar-refractivity contribution in [2.75, 3.05) is 17.7 Å². The number of nitrogens with one attached hydrogen (secondary N) is 2. The maximum absolute atomic E-state index is 13.0. The number of hydrogen-bond donors (Lipinski definition) is 5. The first kappa shape index (κ1) is 24.6. The van der Waals surface area contributed by atoms with E-state index in [0.717, 1.165) is 0 Å². The molecular weight excluding hydrogens is 456 g/mol. The van der Waals surface area contributed by atoms with Gasteiger partial charge in [-0.2, -0.15) is 0 Å². The molecule has 0 aliphatic heterocycles. The van der Waals surface area contributed by atoms with Gasteiger partial charge in [0.05, 0.1) is 22.3 Å². The molecule has 0 radical (unpaired) electrons. The Balaban J connectivity index is 2.07. The molecule has 0 bridgehead atoms. The summed E-state index contributed by atoms with van der Waals surface area (Å²) in [7, 11) is 1.57. The summed E-state index contributed by atoms with van der Waals surface area (Å²) in [5, 5.41) is 33.5. The number of ketones is 1. The van der Waals surface area contributed by atoms with Crippen LogP contribution in [0.25, 0.3) is 11.1 Å². The fourth-order valence-corrected chi connectivity index (χ4v) is 3.47. The van der Waals surface area contributed by atoms with Crippen molar-refractivity contribution >= 4 is 41.0 Å². The van der Waals surface area contributed by atoms with Crippen molar-refractivity contribution in [2.45, 2.75) is 6.92 Å². The van der Waals surface area contributed by atoms with Gasteiger partial charge in [0.15, 0.2) is 5.78 Å². The molecule has 3 aromatic carbocycles. The van der Waals surface area contributed by atoms with Crippen LogP contribution in [-0.4, -0.2) is 52.0 Å². The second-order valence-corrected chi connectivity index (χ2v) is 7.50. The van der Waals surface area contributed by atoms with Gasteiger partial charge < -0.3 is 26.0 Å². The molecule has 0 fully saturated rings. The minimum absolute atomic E-state index is 0.0339. The predicted molar refractivity (Wildman–Crippen MR) is 127 cm³/mol. The molecular formula is C25H20N2O8. The van der Waals surface area contributed by atoms with Crippen LogP contribution >= 0.6 is 0 Å². The predicted octanol–water partition coefficient (Wildman–Crippen LogP) is 3.94. The molecule has 0 aliphatic carbocycles. The molecule has 178 valence electrons. The molecule has 0 saturated heterocycles. The molecule has 0 saturated carbocycles. The standard InChI is InChI=1S/C25H20N2O8/c1-12(28)20-9-13(3-5-18(20)24(32)33)14-4-6-19(25(34)35)21(10-14)22(29)27-17-8-15(23(30)31)7-16(11-17)26-2/h3-11,26H,1-2H3,(H,27,29)(H,30,31)(H,32,33)(H,34,35). The Labute approximate surface area is 198 Å². The van der Waals surface area contributed by atoms with Gasteiger partial charge in [0.2, 0.25) is 0 Å². The molecule has 0 aromatic heterocycles. The number of amides is 1. The van der Waals surface area contributed by atoms with Gasteiger partial charge in [-0.25, -0.2) is 14.4 Å². The summed E-state index contributed by atoms with van der Waals surface area (Å²) in [4.78, 5) is 59.6. The lowest BCUT2D eigenvalue weighted by atomic mass is 9.94. The number of anilines is 2. The molecule has 3 aromatic rings. The van der Waals surface area contributed by atoms with Crippen molar-refractivity contribution in [2.24, 2.45) is 0 Å². The highest BCUT2D eigenvalue weighted by Gasteiger charge is 2.20. The van der Waals surface area contributed by atoms with Crippen LogP contribution in [0, 0.1) is 0 Å². The second kappa shape index (κ2) is 9.87. The zero-order chi connectivity index (χ0) is 25.9. The summed E-state index contributed by atoms with van der Waals surface area (Å²) < 4.78 is 0. The SMILES string of the molecule is CNc1cc(NC(=O)c2cc(-c3ccc(C(=O)O)c(C(C)=O)c3)ccc2C(=O)O)cc(C(=O)O)c1. The van der Waals surface area contributed by atoms with E-state index in [1.165, 1.54) is 61.5 Å². The van der Waals surface area contributed by atoms with Gasteiger partial charge in [-0.3, -0.25) is 9.59 Å². The number of hydrogen-bond acceptors (Lipinski definition) is 6. The molecule has 3 rings (SSSR count). The zero-order valence-corrected chi connectivity index (χ0v) is 18.6. The normalized spacial score (nSPS) is 10.3. The third-order valence-electron chi connectivity index (χ3n) is 5.18. The van der Waals surface area contributed by atoms with Crippen LogP contribution in [0.5, 0.6) is 0 Å². The number of carboxylic acids is 3. The topological polar surface area (TPSA) is 170 Å². The van der Waals surface area contributed by atoms with E-state index < -0.39 is 29.6 Å². The van der Waals surface area contributed by atoms with Crippen molar-refractivity contribution in [3.8, 4) is 11.1 Å². The Hall–Kier alpha value is -4.99. The van der Waals surface area contributed by atoms with E-state index in [9.17, 15) is 39.3 Å². The highest BCUT2D eigenvalue weighted by Crippen LogP contribution is 2.27. The maximum atomic E-state index is 13.0. The van der Waals surface area contributed by atoms with E-state index in [1.54, 1.807) is 7.05 Å². The average molecular weight is 476 g/mol. The van der Waals surface area contributed by atoms with Crippen molar-refractivity contribution in [3.63, 3.8) is 0 Å². The number of Topliss-reactive ketones (excluding diaryl/α,β-unsaturated/α-hetero) is 1. The quantitative estimate of drug-likeness (QED) is 0.302. The van der Waals surface area contributed by atoms with Crippen LogP contribution < -0.4 is 10.6 Å². The molecule has 35 heavy (non-hydrogen) atoms. The molecule has 0 spiro atoms. The Bertz CT molecular complexity index is 1390. The Morgan fingerprint density at radius 2 is 1.14 bits per heavy atom.